The van der Waals surface area contributed by atoms with Gasteiger partial charge in [-0.2, -0.15) is 0 Å². The molecule has 0 aliphatic heterocycles. The second-order valence-electron chi connectivity index (χ2n) is 16.3. The molecule has 0 fully saturated rings. The first-order valence-electron chi connectivity index (χ1n) is 20.7. The third-order valence-electron chi connectivity index (χ3n) is 12.7. The van der Waals surface area contributed by atoms with Crippen molar-refractivity contribution in [2.75, 3.05) is 4.90 Å². The number of rotatable bonds is 7. The first-order valence-corrected chi connectivity index (χ1v) is 21.6. The third kappa shape index (κ3) is 5.81. The van der Waals surface area contributed by atoms with E-state index in [-0.39, 0.29) is 5.41 Å². The van der Waals surface area contributed by atoms with Crippen LogP contribution in [0.25, 0.3) is 64.7 Å². The molecule has 1 nitrogen and oxygen atoms in total. The molecule has 0 radical (unpaired) electrons. The summed E-state index contributed by atoms with van der Waals surface area (Å²) in [5, 5.41) is 2.62. The van der Waals surface area contributed by atoms with E-state index in [4.69, 9.17) is 0 Å². The molecule has 0 amide bonds. The van der Waals surface area contributed by atoms with Crippen molar-refractivity contribution in [2.45, 2.75) is 32.1 Å². The standard InChI is InChI=1S/C57H43NS/c1-57(2)49-28-11-6-24-48(49)55-45(25-17-29-50(55)57)42-21-8-13-31-52(42)58(51-30-12-7-20-41(51)40-36-34-39(35-37-40)38-18-4-3-5-19-38)53-32-14-9-22-43(53)46-26-16-27-47-44-23-10-15-33-54(44)59-56(46)47/h3-16,18-28,30-37H,17,29H2,1-2H3. The van der Waals surface area contributed by atoms with E-state index in [1.807, 2.05) is 11.3 Å². The van der Waals surface area contributed by atoms with Gasteiger partial charge in [0.1, 0.15) is 0 Å². The maximum Gasteiger partial charge on any atom is 0.0541 e. The first kappa shape index (κ1) is 35.4. The monoisotopic (exact) mass is 773 g/mol. The molecule has 2 aliphatic carbocycles. The molecule has 9 aromatic rings. The van der Waals surface area contributed by atoms with Crippen LogP contribution in [0.5, 0.6) is 0 Å². The van der Waals surface area contributed by atoms with Gasteiger partial charge in [0.2, 0.25) is 0 Å². The number of allylic oxidation sites excluding steroid dienone is 4. The molecule has 1 aromatic heterocycles. The highest BCUT2D eigenvalue weighted by Crippen LogP contribution is 2.56. The number of para-hydroxylation sites is 3. The molecule has 0 spiro atoms. The van der Waals surface area contributed by atoms with Gasteiger partial charge < -0.3 is 4.90 Å². The zero-order chi connectivity index (χ0) is 39.5. The van der Waals surface area contributed by atoms with E-state index < -0.39 is 0 Å². The van der Waals surface area contributed by atoms with Crippen LogP contribution in [0.3, 0.4) is 0 Å². The first-order chi connectivity index (χ1) is 29.1. The molecule has 8 aromatic carbocycles. The van der Waals surface area contributed by atoms with E-state index in [9.17, 15) is 0 Å². The van der Waals surface area contributed by atoms with Crippen LogP contribution in [0, 0.1) is 0 Å². The smallest absolute Gasteiger partial charge is 0.0541 e. The van der Waals surface area contributed by atoms with Crippen LogP contribution in [-0.4, -0.2) is 0 Å². The summed E-state index contributed by atoms with van der Waals surface area (Å²) in [5.74, 6) is 0. The lowest BCUT2D eigenvalue weighted by molar-refractivity contribution is 0.608. The molecule has 0 N–H and O–H groups in total. The van der Waals surface area contributed by atoms with E-state index in [1.165, 1.54) is 87.1 Å². The Morgan fingerprint density at radius 2 is 0.983 bits per heavy atom. The van der Waals surface area contributed by atoms with E-state index in [0.29, 0.717) is 0 Å². The SMILES string of the molecule is CC1(C)C2=C(C(c3ccccc3N(c3ccccc3-c3ccc(-c4ccccc4)cc3)c3ccccc3-c3cccc4c3sc3ccccc34)=CCC2)c2ccccc21. The lowest BCUT2D eigenvalue weighted by Crippen LogP contribution is -2.18. The summed E-state index contributed by atoms with van der Waals surface area (Å²) in [6, 6.07) is 71.6. The molecule has 0 atom stereocenters. The number of fused-ring (bicyclic) bond motifs is 5. The third-order valence-corrected chi connectivity index (χ3v) is 13.9. The molecule has 59 heavy (non-hydrogen) atoms. The number of hydrogen-bond donors (Lipinski definition) is 0. The number of benzene rings is 8. The Labute approximate surface area is 350 Å². The number of hydrogen-bond acceptors (Lipinski definition) is 2. The van der Waals surface area contributed by atoms with Crippen LogP contribution in [0.1, 0.15) is 43.4 Å². The summed E-state index contributed by atoms with van der Waals surface area (Å²) >= 11 is 1.89. The van der Waals surface area contributed by atoms with E-state index in [0.717, 1.165) is 24.2 Å². The van der Waals surface area contributed by atoms with Crippen molar-refractivity contribution in [3.63, 3.8) is 0 Å². The number of nitrogens with zero attached hydrogens (tertiary/aromatic N) is 1. The van der Waals surface area contributed by atoms with Crippen LogP contribution >= 0.6 is 11.3 Å². The van der Waals surface area contributed by atoms with Crippen LogP contribution in [0.2, 0.25) is 0 Å². The topological polar surface area (TPSA) is 3.24 Å². The van der Waals surface area contributed by atoms with Gasteiger partial charge in [0.05, 0.1) is 17.1 Å². The molecule has 2 heteroatoms. The lowest BCUT2D eigenvalue weighted by Gasteiger charge is -2.33. The van der Waals surface area contributed by atoms with Gasteiger partial charge in [0.15, 0.2) is 0 Å². The fourth-order valence-corrected chi connectivity index (χ4v) is 11.1. The Bertz CT molecular complexity index is 3120. The van der Waals surface area contributed by atoms with Crippen LogP contribution in [0.4, 0.5) is 17.1 Å². The van der Waals surface area contributed by atoms with E-state index in [2.05, 4.69) is 219 Å². The Morgan fingerprint density at radius 1 is 0.441 bits per heavy atom. The summed E-state index contributed by atoms with van der Waals surface area (Å²) in [5.41, 5.74) is 19.0. The average Bonchev–Trinajstić information content (AvgIpc) is 3.80. The number of anilines is 3. The van der Waals surface area contributed by atoms with Gasteiger partial charge in [-0.3, -0.25) is 0 Å². The lowest BCUT2D eigenvalue weighted by atomic mass is 9.77. The maximum atomic E-state index is 2.55. The minimum Gasteiger partial charge on any atom is -0.309 e. The maximum absolute atomic E-state index is 2.55. The zero-order valence-corrected chi connectivity index (χ0v) is 34.1. The Hall–Kier alpha value is -6.74. The van der Waals surface area contributed by atoms with Crippen molar-refractivity contribution in [2.24, 2.45) is 0 Å². The minimum absolute atomic E-state index is 0.0197. The van der Waals surface area contributed by atoms with Crippen molar-refractivity contribution >= 4 is 59.7 Å². The summed E-state index contributed by atoms with van der Waals surface area (Å²) in [7, 11) is 0. The molecule has 1 heterocycles. The quantitative estimate of drug-likeness (QED) is 0.156. The Balaban J connectivity index is 1.16. The van der Waals surface area contributed by atoms with Gasteiger partial charge in [0.25, 0.3) is 0 Å². The predicted octanol–water partition coefficient (Wildman–Crippen LogP) is 16.4. The van der Waals surface area contributed by atoms with Crippen molar-refractivity contribution in [1.82, 2.24) is 0 Å². The molecule has 282 valence electrons. The van der Waals surface area contributed by atoms with Gasteiger partial charge >= 0.3 is 0 Å². The molecule has 2 aliphatic rings. The summed E-state index contributed by atoms with van der Waals surface area (Å²) < 4.78 is 2.63. The molecule has 0 saturated carbocycles. The summed E-state index contributed by atoms with van der Waals surface area (Å²) in [6.07, 6.45) is 4.61. The minimum atomic E-state index is -0.0197. The van der Waals surface area contributed by atoms with Crippen molar-refractivity contribution < 1.29 is 0 Å². The fraction of sp³-hybridized carbons (Fsp3) is 0.0877. The second kappa shape index (κ2) is 14.3. The van der Waals surface area contributed by atoms with E-state index in [1.54, 1.807) is 5.57 Å². The van der Waals surface area contributed by atoms with Gasteiger partial charge in [-0.25, -0.2) is 0 Å². The normalized spacial score (nSPS) is 14.3. The zero-order valence-electron chi connectivity index (χ0n) is 33.3. The molecule has 11 rings (SSSR count). The second-order valence-corrected chi connectivity index (χ2v) is 17.3. The predicted molar refractivity (Wildman–Crippen MR) is 254 cm³/mol. The largest absolute Gasteiger partial charge is 0.309 e. The molecular weight excluding hydrogens is 731 g/mol. The summed E-state index contributed by atoms with van der Waals surface area (Å²) in [4.78, 5) is 2.55. The Kier molecular flexibility index (Phi) is 8.57. The van der Waals surface area contributed by atoms with Crippen molar-refractivity contribution in [3.05, 3.63) is 222 Å². The highest BCUT2D eigenvalue weighted by Gasteiger charge is 2.40. The van der Waals surface area contributed by atoms with Crippen molar-refractivity contribution in [3.8, 4) is 33.4 Å². The molecule has 0 unspecified atom stereocenters. The highest BCUT2D eigenvalue weighted by atomic mass is 32.1. The Morgan fingerprint density at radius 3 is 1.76 bits per heavy atom. The molecular formula is C57H43NS. The van der Waals surface area contributed by atoms with E-state index >= 15 is 0 Å². The van der Waals surface area contributed by atoms with Gasteiger partial charge in [-0.05, 0) is 76.1 Å². The highest BCUT2D eigenvalue weighted by molar-refractivity contribution is 7.26. The molecule has 0 saturated heterocycles. The van der Waals surface area contributed by atoms with Gasteiger partial charge in [-0.1, -0.05) is 195 Å². The summed E-state index contributed by atoms with van der Waals surface area (Å²) in [6.45, 7) is 4.83. The van der Waals surface area contributed by atoms with Gasteiger partial charge in [-0.15, -0.1) is 11.3 Å². The fourth-order valence-electron chi connectivity index (χ4n) is 9.86. The van der Waals surface area contributed by atoms with Crippen molar-refractivity contribution in [1.29, 1.82) is 0 Å². The average molecular weight is 774 g/mol. The number of thiophene rings is 1. The van der Waals surface area contributed by atoms with Crippen LogP contribution < -0.4 is 4.90 Å². The van der Waals surface area contributed by atoms with Crippen LogP contribution in [0.15, 0.2) is 206 Å². The molecule has 0 bridgehead atoms. The van der Waals surface area contributed by atoms with Gasteiger partial charge in [0, 0.05) is 47.8 Å². The van der Waals surface area contributed by atoms with Crippen LogP contribution in [-0.2, 0) is 5.41 Å².